The quantitative estimate of drug-likeness (QED) is 0.686. The van der Waals surface area contributed by atoms with Gasteiger partial charge in [-0.1, -0.05) is 0 Å². The third-order valence-electron chi connectivity index (χ3n) is 1.93. The summed E-state index contributed by atoms with van der Waals surface area (Å²) in [6.45, 7) is 0. The Labute approximate surface area is 77.0 Å². The number of carbonyl (C=O) groups is 1. The van der Waals surface area contributed by atoms with Gasteiger partial charge in [-0.3, -0.25) is 4.79 Å². The smallest absolute Gasteiger partial charge is 0.248 e. The molecule has 0 aromatic carbocycles. The minimum absolute atomic E-state index is 0.123. The van der Waals surface area contributed by atoms with Crippen molar-refractivity contribution in [2.24, 2.45) is 5.73 Å². The highest BCUT2D eigenvalue weighted by Crippen LogP contribution is 2.19. The molecule has 1 rings (SSSR count). The first-order valence-electron chi connectivity index (χ1n) is 3.96. The van der Waals surface area contributed by atoms with Crippen LogP contribution in [-0.4, -0.2) is 26.2 Å². The van der Waals surface area contributed by atoms with Gasteiger partial charge in [0.2, 0.25) is 5.91 Å². The molecule has 0 spiro atoms. The molecule has 0 radical (unpaired) electrons. The molecule has 0 saturated heterocycles. The molecule has 2 N–H and O–H groups in total. The predicted octanol–water partition coefficient (Wildman–Crippen LogP) is 0.347. The molecule has 1 aliphatic carbocycles. The molecule has 0 fully saturated rings. The lowest BCUT2D eigenvalue weighted by Gasteiger charge is -2.18. The zero-order chi connectivity index (χ0) is 9.84. The summed E-state index contributed by atoms with van der Waals surface area (Å²) in [5.74, 6) is 0.249. The molecule has 13 heavy (non-hydrogen) atoms. The first-order valence-corrected chi connectivity index (χ1v) is 3.96. The normalized spacial score (nSPS) is 21.8. The maximum Gasteiger partial charge on any atom is 0.248 e. The summed E-state index contributed by atoms with van der Waals surface area (Å²) in [6, 6.07) is 0. The number of nitrogens with two attached hydrogens (primary N) is 1. The minimum atomic E-state index is -0.462. The van der Waals surface area contributed by atoms with Crippen LogP contribution in [0.2, 0.25) is 0 Å². The lowest BCUT2D eigenvalue weighted by Crippen LogP contribution is -2.20. The SMILES string of the molecule is COC1=CC(C(N)=O)=CC(OC)C1. The lowest BCUT2D eigenvalue weighted by atomic mass is 10.0. The molecule has 4 nitrogen and oxygen atoms in total. The van der Waals surface area contributed by atoms with Gasteiger partial charge >= 0.3 is 0 Å². The molecule has 0 bridgehead atoms. The van der Waals surface area contributed by atoms with Crippen LogP contribution >= 0.6 is 0 Å². The fourth-order valence-corrected chi connectivity index (χ4v) is 1.18. The van der Waals surface area contributed by atoms with E-state index in [0.29, 0.717) is 17.8 Å². The van der Waals surface area contributed by atoms with E-state index in [1.165, 1.54) is 0 Å². The van der Waals surface area contributed by atoms with E-state index < -0.39 is 5.91 Å². The molecule has 4 heteroatoms. The van der Waals surface area contributed by atoms with Crippen LogP contribution in [0.15, 0.2) is 23.5 Å². The Hall–Kier alpha value is -1.29. The first-order chi connectivity index (χ1) is 6.17. The van der Waals surface area contributed by atoms with E-state index in [1.54, 1.807) is 26.4 Å². The van der Waals surface area contributed by atoms with E-state index >= 15 is 0 Å². The molecule has 72 valence electrons. The lowest BCUT2D eigenvalue weighted by molar-refractivity contribution is -0.114. The highest BCUT2D eigenvalue weighted by Gasteiger charge is 2.17. The summed E-state index contributed by atoms with van der Waals surface area (Å²) >= 11 is 0. The van der Waals surface area contributed by atoms with Gasteiger partial charge in [0.15, 0.2) is 0 Å². The predicted molar refractivity (Wildman–Crippen MR) is 47.8 cm³/mol. The van der Waals surface area contributed by atoms with Crippen LogP contribution in [0.3, 0.4) is 0 Å². The molecule has 0 aromatic heterocycles. The van der Waals surface area contributed by atoms with Crippen molar-refractivity contribution in [3.05, 3.63) is 23.5 Å². The van der Waals surface area contributed by atoms with Gasteiger partial charge in [-0.15, -0.1) is 0 Å². The average Bonchev–Trinajstić information content (AvgIpc) is 2.16. The van der Waals surface area contributed by atoms with E-state index in [0.717, 1.165) is 0 Å². The van der Waals surface area contributed by atoms with Gasteiger partial charge in [0.25, 0.3) is 0 Å². The first kappa shape index (κ1) is 9.80. The van der Waals surface area contributed by atoms with Gasteiger partial charge < -0.3 is 15.2 Å². The molecule has 0 saturated carbocycles. The van der Waals surface area contributed by atoms with E-state index in [1.807, 2.05) is 0 Å². The third kappa shape index (κ3) is 2.32. The minimum Gasteiger partial charge on any atom is -0.501 e. The third-order valence-corrected chi connectivity index (χ3v) is 1.93. The molecular formula is C9H13NO3. The van der Waals surface area contributed by atoms with Crippen LogP contribution in [0, 0.1) is 0 Å². The van der Waals surface area contributed by atoms with Crippen molar-refractivity contribution in [2.45, 2.75) is 12.5 Å². The van der Waals surface area contributed by atoms with Crippen LogP contribution in [0.25, 0.3) is 0 Å². The zero-order valence-electron chi connectivity index (χ0n) is 7.74. The maximum absolute atomic E-state index is 10.9. The summed E-state index contributed by atoms with van der Waals surface area (Å²) in [5, 5.41) is 0. The Morgan fingerprint density at radius 2 is 2.31 bits per heavy atom. The van der Waals surface area contributed by atoms with Crippen LogP contribution in [0.4, 0.5) is 0 Å². The van der Waals surface area contributed by atoms with Crippen molar-refractivity contribution >= 4 is 5.91 Å². The highest BCUT2D eigenvalue weighted by molar-refractivity contribution is 5.95. The zero-order valence-corrected chi connectivity index (χ0v) is 7.74. The molecule has 1 amide bonds. The van der Waals surface area contributed by atoms with Gasteiger partial charge in [-0.2, -0.15) is 0 Å². The molecule has 1 atom stereocenters. The van der Waals surface area contributed by atoms with Gasteiger partial charge in [-0.25, -0.2) is 0 Å². The Morgan fingerprint density at radius 1 is 1.62 bits per heavy atom. The van der Waals surface area contributed by atoms with Crippen molar-refractivity contribution in [3.8, 4) is 0 Å². The van der Waals surface area contributed by atoms with Gasteiger partial charge in [-0.05, 0) is 12.2 Å². The number of hydrogen-bond acceptors (Lipinski definition) is 3. The molecule has 1 unspecified atom stereocenters. The molecular weight excluding hydrogens is 170 g/mol. The van der Waals surface area contributed by atoms with Gasteiger partial charge in [0, 0.05) is 19.1 Å². The van der Waals surface area contributed by atoms with Crippen LogP contribution in [0.1, 0.15) is 6.42 Å². The van der Waals surface area contributed by atoms with E-state index in [2.05, 4.69) is 0 Å². The van der Waals surface area contributed by atoms with Crippen molar-refractivity contribution in [3.63, 3.8) is 0 Å². The Kier molecular flexibility index (Phi) is 3.08. The molecule has 0 aliphatic heterocycles. The maximum atomic E-state index is 10.9. The topological polar surface area (TPSA) is 61.5 Å². The summed E-state index contributed by atoms with van der Waals surface area (Å²) in [4.78, 5) is 10.9. The average molecular weight is 183 g/mol. The molecule has 0 heterocycles. The summed E-state index contributed by atoms with van der Waals surface area (Å²) in [5.41, 5.74) is 5.58. The number of methoxy groups -OCH3 is 2. The number of hydrogen-bond donors (Lipinski definition) is 1. The summed E-state index contributed by atoms with van der Waals surface area (Å²) in [7, 11) is 3.14. The van der Waals surface area contributed by atoms with E-state index in [9.17, 15) is 4.79 Å². The van der Waals surface area contributed by atoms with Crippen molar-refractivity contribution in [1.29, 1.82) is 0 Å². The van der Waals surface area contributed by atoms with Crippen molar-refractivity contribution in [1.82, 2.24) is 0 Å². The second-order valence-electron chi connectivity index (χ2n) is 2.78. The standard InChI is InChI=1S/C9H13NO3/c1-12-7-3-6(9(10)11)4-8(5-7)13-2/h3-4,7H,5H2,1-2H3,(H2,10,11). The number of rotatable bonds is 3. The fraction of sp³-hybridized carbons (Fsp3) is 0.444. The fourth-order valence-electron chi connectivity index (χ4n) is 1.18. The van der Waals surface area contributed by atoms with E-state index in [-0.39, 0.29) is 6.10 Å². The van der Waals surface area contributed by atoms with Crippen LogP contribution in [0.5, 0.6) is 0 Å². The second kappa shape index (κ2) is 4.09. The van der Waals surface area contributed by atoms with Crippen LogP contribution in [-0.2, 0) is 14.3 Å². The van der Waals surface area contributed by atoms with Crippen molar-refractivity contribution < 1.29 is 14.3 Å². The summed E-state index contributed by atoms with van der Waals surface area (Å²) < 4.78 is 10.1. The monoisotopic (exact) mass is 183 g/mol. The van der Waals surface area contributed by atoms with Crippen molar-refractivity contribution in [2.75, 3.05) is 14.2 Å². The Bertz CT molecular complexity index is 268. The van der Waals surface area contributed by atoms with Crippen LogP contribution < -0.4 is 5.73 Å². The van der Waals surface area contributed by atoms with Gasteiger partial charge in [0.1, 0.15) is 0 Å². The Balaban J connectivity index is 2.85. The second-order valence-corrected chi connectivity index (χ2v) is 2.78. The molecule has 0 aromatic rings. The largest absolute Gasteiger partial charge is 0.501 e. The van der Waals surface area contributed by atoms with Gasteiger partial charge in [0.05, 0.1) is 19.0 Å². The molecule has 1 aliphatic rings. The van der Waals surface area contributed by atoms with E-state index in [4.69, 9.17) is 15.2 Å². The number of primary amides is 1. The number of ether oxygens (including phenoxy) is 2. The number of amides is 1. The summed E-state index contributed by atoms with van der Waals surface area (Å²) in [6.07, 6.45) is 3.86. The highest BCUT2D eigenvalue weighted by atomic mass is 16.5. The Morgan fingerprint density at radius 3 is 2.77 bits per heavy atom. The number of carbonyl (C=O) groups excluding carboxylic acids is 1.